The van der Waals surface area contributed by atoms with Crippen LogP contribution in [0.1, 0.15) is 32.1 Å². The van der Waals surface area contributed by atoms with Crippen LogP contribution < -0.4 is 0 Å². The van der Waals surface area contributed by atoms with E-state index in [0.29, 0.717) is 38.0 Å². The SMILES string of the molecule is O=S(=O)(CC1CCC1)N1CCCC2(C1)OCCO2. The Labute approximate surface area is 108 Å². The molecule has 1 saturated carbocycles. The molecule has 1 aliphatic carbocycles. The van der Waals surface area contributed by atoms with Gasteiger partial charge in [0.25, 0.3) is 0 Å². The molecule has 5 nitrogen and oxygen atoms in total. The van der Waals surface area contributed by atoms with Crippen LogP contribution in [0, 0.1) is 5.92 Å². The molecule has 3 fully saturated rings. The largest absolute Gasteiger partial charge is 0.346 e. The molecule has 0 aromatic rings. The average molecular weight is 275 g/mol. The van der Waals surface area contributed by atoms with Crippen molar-refractivity contribution in [2.24, 2.45) is 5.92 Å². The van der Waals surface area contributed by atoms with Crippen LogP contribution >= 0.6 is 0 Å². The molecule has 3 aliphatic rings. The standard InChI is InChI=1S/C12H21NO4S/c14-18(15,9-11-3-1-4-11)13-6-2-5-12(10-13)16-7-8-17-12/h11H,1-10H2. The summed E-state index contributed by atoms with van der Waals surface area (Å²) < 4.78 is 37.5. The van der Waals surface area contributed by atoms with Gasteiger partial charge in [0.05, 0.1) is 25.5 Å². The van der Waals surface area contributed by atoms with E-state index in [-0.39, 0.29) is 0 Å². The van der Waals surface area contributed by atoms with Gasteiger partial charge in [0, 0.05) is 13.0 Å². The molecule has 0 N–H and O–H groups in total. The molecule has 18 heavy (non-hydrogen) atoms. The predicted octanol–water partition coefficient (Wildman–Crippen LogP) is 0.955. The fourth-order valence-electron chi connectivity index (χ4n) is 2.98. The lowest BCUT2D eigenvalue weighted by atomic mass is 9.87. The van der Waals surface area contributed by atoms with E-state index in [1.807, 2.05) is 0 Å². The number of hydrogen-bond acceptors (Lipinski definition) is 4. The van der Waals surface area contributed by atoms with Crippen LogP contribution in [0.25, 0.3) is 0 Å². The molecule has 0 radical (unpaired) electrons. The highest BCUT2D eigenvalue weighted by Gasteiger charge is 2.44. The Morgan fingerprint density at radius 1 is 1.17 bits per heavy atom. The third-order valence-electron chi connectivity index (χ3n) is 4.26. The first kappa shape index (κ1) is 12.8. The van der Waals surface area contributed by atoms with Gasteiger partial charge in [-0.25, -0.2) is 8.42 Å². The predicted molar refractivity (Wildman–Crippen MR) is 66.6 cm³/mol. The number of hydrogen-bond donors (Lipinski definition) is 0. The number of sulfonamides is 1. The maximum Gasteiger partial charge on any atom is 0.214 e. The van der Waals surface area contributed by atoms with Gasteiger partial charge in [-0.2, -0.15) is 4.31 Å². The number of rotatable bonds is 3. The Kier molecular flexibility index (Phi) is 3.38. The van der Waals surface area contributed by atoms with Crippen molar-refractivity contribution in [3.05, 3.63) is 0 Å². The Balaban J connectivity index is 1.67. The second-order valence-corrected chi connectivity index (χ2v) is 7.63. The van der Waals surface area contributed by atoms with E-state index in [4.69, 9.17) is 9.47 Å². The van der Waals surface area contributed by atoms with Crippen molar-refractivity contribution in [2.45, 2.75) is 37.9 Å². The Hall–Kier alpha value is -0.170. The van der Waals surface area contributed by atoms with Crippen molar-refractivity contribution in [3.63, 3.8) is 0 Å². The number of ether oxygens (including phenoxy) is 2. The molecule has 104 valence electrons. The first-order valence-electron chi connectivity index (χ1n) is 6.85. The summed E-state index contributed by atoms with van der Waals surface area (Å²) in [6, 6.07) is 0. The monoisotopic (exact) mass is 275 g/mol. The molecule has 0 bridgehead atoms. The van der Waals surface area contributed by atoms with Crippen molar-refractivity contribution in [3.8, 4) is 0 Å². The van der Waals surface area contributed by atoms with Crippen molar-refractivity contribution in [1.82, 2.24) is 4.31 Å². The summed E-state index contributed by atoms with van der Waals surface area (Å²) in [7, 11) is -3.13. The zero-order valence-electron chi connectivity index (χ0n) is 10.6. The second-order valence-electron chi connectivity index (χ2n) is 5.62. The first-order chi connectivity index (χ1) is 8.60. The molecule has 0 atom stereocenters. The van der Waals surface area contributed by atoms with Crippen LogP contribution in [-0.4, -0.2) is 50.6 Å². The van der Waals surface area contributed by atoms with Gasteiger partial charge in [0.1, 0.15) is 0 Å². The summed E-state index contributed by atoms with van der Waals surface area (Å²) >= 11 is 0. The van der Waals surface area contributed by atoms with E-state index in [1.165, 1.54) is 6.42 Å². The highest BCUT2D eigenvalue weighted by molar-refractivity contribution is 7.89. The van der Waals surface area contributed by atoms with Crippen molar-refractivity contribution in [2.75, 3.05) is 32.1 Å². The quantitative estimate of drug-likeness (QED) is 0.769. The molecule has 3 rings (SSSR count). The molecular weight excluding hydrogens is 254 g/mol. The fraction of sp³-hybridized carbons (Fsp3) is 1.00. The normalized spacial score (nSPS) is 29.6. The third kappa shape index (κ3) is 2.43. The minimum absolute atomic E-state index is 0.309. The zero-order chi connectivity index (χ0) is 12.6. The fourth-order valence-corrected chi connectivity index (χ4v) is 4.92. The minimum Gasteiger partial charge on any atom is -0.346 e. The molecule has 6 heteroatoms. The first-order valence-corrected chi connectivity index (χ1v) is 8.46. The Morgan fingerprint density at radius 3 is 2.50 bits per heavy atom. The maximum atomic E-state index is 12.3. The van der Waals surface area contributed by atoms with Crippen LogP contribution in [-0.2, 0) is 19.5 Å². The van der Waals surface area contributed by atoms with Crippen LogP contribution in [0.4, 0.5) is 0 Å². The van der Waals surface area contributed by atoms with E-state index < -0.39 is 15.8 Å². The summed E-state index contributed by atoms with van der Waals surface area (Å²) in [5, 5.41) is 0. The molecule has 2 heterocycles. The van der Waals surface area contributed by atoms with Gasteiger partial charge in [0.15, 0.2) is 5.79 Å². The molecule has 1 spiro atoms. The lowest BCUT2D eigenvalue weighted by molar-refractivity contribution is -0.179. The lowest BCUT2D eigenvalue weighted by Gasteiger charge is -2.38. The summed E-state index contributed by atoms with van der Waals surface area (Å²) in [4.78, 5) is 0. The summed E-state index contributed by atoms with van der Waals surface area (Å²) in [6.07, 6.45) is 4.93. The number of nitrogens with zero attached hydrogens (tertiary/aromatic N) is 1. The van der Waals surface area contributed by atoms with Gasteiger partial charge in [-0.3, -0.25) is 0 Å². The Bertz CT molecular complexity index is 398. The summed E-state index contributed by atoms with van der Waals surface area (Å²) in [5.41, 5.74) is 0. The molecule has 0 unspecified atom stereocenters. The van der Waals surface area contributed by atoms with Crippen molar-refractivity contribution >= 4 is 10.0 Å². The lowest BCUT2D eigenvalue weighted by Crippen LogP contribution is -2.52. The number of piperidine rings is 1. The van der Waals surface area contributed by atoms with Gasteiger partial charge in [-0.1, -0.05) is 6.42 Å². The van der Waals surface area contributed by atoms with E-state index in [9.17, 15) is 8.42 Å². The molecule has 0 amide bonds. The van der Waals surface area contributed by atoms with Gasteiger partial charge in [-0.05, 0) is 25.2 Å². The highest BCUT2D eigenvalue weighted by atomic mass is 32.2. The van der Waals surface area contributed by atoms with E-state index in [1.54, 1.807) is 4.31 Å². The maximum absolute atomic E-state index is 12.3. The van der Waals surface area contributed by atoms with Gasteiger partial charge in [-0.15, -0.1) is 0 Å². The van der Waals surface area contributed by atoms with Gasteiger partial charge < -0.3 is 9.47 Å². The summed E-state index contributed by atoms with van der Waals surface area (Å²) in [5.74, 6) is 0.0341. The smallest absolute Gasteiger partial charge is 0.214 e. The molecule has 0 aromatic heterocycles. The molecular formula is C12H21NO4S. The second kappa shape index (κ2) is 4.74. The minimum atomic E-state index is -3.13. The van der Waals surface area contributed by atoms with Gasteiger partial charge in [0.2, 0.25) is 10.0 Å². The van der Waals surface area contributed by atoms with Crippen LogP contribution in [0.2, 0.25) is 0 Å². The topological polar surface area (TPSA) is 55.8 Å². The van der Waals surface area contributed by atoms with Crippen LogP contribution in [0.15, 0.2) is 0 Å². The average Bonchev–Trinajstić information content (AvgIpc) is 2.72. The van der Waals surface area contributed by atoms with Crippen LogP contribution in [0.3, 0.4) is 0 Å². The Morgan fingerprint density at radius 2 is 1.89 bits per heavy atom. The third-order valence-corrected chi connectivity index (χ3v) is 6.25. The van der Waals surface area contributed by atoms with Gasteiger partial charge >= 0.3 is 0 Å². The zero-order valence-corrected chi connectivity index (χ0v) is 11.5. The van der Waals surface area contributed by atoms with E-state index in [0.717, 1.165) is 25.7 Å². The summed E-state index contributed by atoms with van der Waals surface area (Å²) in [6.45, 7) is 2.15. The van der Waals surface area contributed by atoms with Crippen LogP contribution in [0.5, 0.6) is 0 Å². The highest BCUT2D eigenvalue weighted by Crippen LogP contribution is 2.33. The van der Waals surface area contributed by atoms with Crippen molar-refractivity contribution in [1.29, 1.82) is 0 Å². The molecule has 2 aliphatic heterocycles. The van der Waals surface area contributed by atoms with E-state index >= 15 is 0 Å². The van der Waals surface area contributed by atoms with E-state index in [2.05, 4.69) is 0 Å². The molecule has 2 saturated heterocycles. The molecule has 0 aromatic carbocycles. The van der Waals surface area contributed by atoms with Crippen molar-refractivity contribution < 1.29 is 17.9 Å².